The first-order valence-electron chi connectivity index (χ1n) is 6.02. The number of halogens is 2. The monoisotopic (exact) mass is 262 g/mol. The molecule has 0 bridgehead atoms. The normalized spacial score (nSPS) is 12.4. The van der Waals surface area contributed by atoms with Gasteiger partial charge in [0.2, 0.25) is 0 Å². The molecule has 0 radical (unpaired) electrons. The van der Waals surface area contributed by atoms with Crippen LogP contribution in [0.5, 0.6) is 0 Å². The van der Waals surface area contributed by atoms with Gasteiger partial charge in [-0.05, 0) is 54.7 Å². The average Bonchev–Trinajstić information content (AvgIpc) is 2.35. The summed E-state index contributed by atoms with van der Waals surface area (Å²) in [5.41, 5.74) is 4.68. The van der Waals surface area contributed by atoms with Crippen LogP contribution in [0.15, 0.2) is 42.5 Å². The maximum absolute atomic E-state index is 12.8. The highest BCUT2D eigenvalue weighted by molar-refractivity contribution is 6.20. The van der Waals surface area contributed by atoms with Crippen LogP contribution in [0, 0.1) is 19.7 Å². The fraction of sp³-hybridized carbons (Fsp3) is 0.250. The van der Waals surface area contributed by atoms with Gasteiger partial charge in [0.15, 0.2) is 0 Å². The van der Waals surface area contributed by atoms with Crippen LogP contribution in [0.2, 0.25) is 0 Å². The molecule has 18 heavy (non-hydrogen) atoms. The van der Waals surface area contributed by atoms with E-state index in [1.807, 2.05) is 0 Å². The van der Waals surface area contributed by atoms with Gasteiger partial charge in [-0.3, -0.25) is 0 Å². The Labute approximate surface area is 112 Å². The molecule has 0 nitrogen and oxygen atoms in total. The smallest absolute Gasteiger partial charge is 0.123 e. The largest absolute Gasteiger partial charge is 0.207 e. The lowest BCUT2D eigenvalue weighted by molar-refractivity contribution is 0.627. The van der Waals surface area contributed by atoms with E-state index in [4.69, 9.17) is 11.6 Å². The van der Waals surface area contributed by atoms with Crippen LogP contribution in [0.1, 0.15) is 27.6 Å². The molecule has 0 aliphatic rings. The zero-order valence-electron chi connectivity index (χ0n) is 10.6. The van der Waals surface area contributed by atoms with E-state index in [0.29, 0.717) is 6.42 Å². The summed E-state index contributed by atoms with van der Waals surface area (Å²) in [5, 5.41) is -0.0743. The molecule has 2 heteroatoms. The summed E-state index contributed by atoms with van der Waals surface area (Å²) in [7, 11) is 0. The van der Waals surface area contributed by atoms with Gasteiger partial charge >= 0.3 is 0 Å². The van der Waals surface area contributed by atoms with Gasteiger partial charge in [-0.2, -0.15) is 0 Å². The highest BCUT2D eigenvalue weighted by atomic mass is 35.5. The maximum atomic E-state index is 12.8. The van der Waals surface area contributed by atoms with Crippen LogP contribution in [-0.4, -0.2) is 0 Å². The maximum Gasteiger partial charge on any atom is 0.123 e. The van der Waals surface area contributed by atoms with Gasteiger partial charge in [-0.15, -0.1) is 11.6 Å². The first-order valence-corrected chi connectivity index (χ1v) is 6.45. The lowest BCUT2D eigenvalue weighted by Crippen LogP contribution is -1.97. The van der Waals surface area contributed by atoms with Crippen LogP contribution in [0.4, 0.5) is 4.39 Å². The van der Waals surface area contributed by atoms with Crippen molar-refractivity contribution in [3.05, 3.63) is 70.5 Å². The molecule has 0 heterocycles. The van der Waals surface area contributed by atoms with E-state index in [1.54, 1.807) is 12.1 Å². The molecule has 0 spiro atoms. The second kappa shape index (κ2) is 5.53. The first-order chi connectivity index (χ1) is 8.56. The topological polar surface area (TPSA) is 0 Å². The Morgan fingerprint density at radius 3 is 2.28 bits per heavy atom. The Hall–Kier alpha value is -1.34. The summed E-state index contributed by atoms with van der Waals surface area (Å²) in [6.45, 7) is 4.17. The van der Waals surface area contributed by atoms with Crippen molar-refractivity contribution in [1.29, 1.82) is 0 Å². The van der Waals surface area contributed by atoms with Crippen molar-refractivity contribution in [3.63, 3.8) is 0 Å². The van der Waals surface area contributed by atoms with E-state index in [-0.39, 0.29) is 11.2 Å². The molecule has 0 amide bonds. The van der Waals surface area contributed by atoms with Crippen molar-refractivity contribution in [1.82, 2.24) is 0 Å². The molecule has 1 atom stereocenters. The molecule has 94 valence electrons. The molecule has 0 aliphatic heterocycles. The Kier molecular flexibility index (Phi) is 4.03. The number of aryl methyl sites for hydroxylation is 2. The van der Waals surface area contributed by atoms with E-state index in [9.17, 15) is 4.39 Å². The second-order valence-electron chi connectivity index (χ2n) is 4.64. The van der Waals surface area contributed by atoms with E-state index in [2.05, 4.69) is 32.0 Å². The summed E-state index contributed by atoms with van der Waals surface area (Å²) in [5.74, 6) is -0.212. The van der Waals surface area contributed by atoms with Crippen LogP contribution < -0.4 is 0 Å². The average molecular weight is 263 g/mol. The Morgan fingerprint density at radius 2 is 1.67 bits per heavy atom. The summed E-state index contributed by atoms with van der Waals surface area (Å²) < 4.78 is 12.8. The minimum Gasteiger partial charge on any atom is -0.207 e. The molecule has 0 aromatic heterocycles. The molecule has 1 unspecified atom stereocenters. The van der Waals surface area contributed by atoms with E-state index < -0.39 is 0 Å². The number of alkyl halides is 1. The van der Waals surface area contributed by atoms with Crippen LogP contribution in [0.25, 0.3) is 0 Å². The zero-order chi connectivity index (χ0) is 13.1. The molecule has 0 N–H and O–H groups in total. The Balaban J connectivity index is 2.13. The van der Waals surface area contributed by atoms with Crippen molar-refractivity contribution in [2.75, 3.05) is 0 Å². The predicted octanol–water partition coefficient (Wildman–Crippen LogP) is 4.97. The fourth-order valence-electron chi connectivity index (χ4n) is 1.90. The minimum atomic E-state index is -0.212. The van der Waals surface area contributed by atoms with E-state index >= 15 is 0 Å². The van der Waals surface area contributed by atoms with Gasteiger partial charge in [0.05, 0.1) is 5.38 Å². The first kappa shape index (κ1) is 13.1. The Bertz CT molecular complexity index is 531. The molecule has 0 fully saturated rings. The van der Waals surface area contributed by atoms with E-state index in [1.165, 1.54) is 23.3 Å². The minimum absolute atomic E-state index is 0.0743. The van der Waals surface area contributed by atoms with Gasteiger partial charge in [-0.25, -0.2) is 4.39 Å². The summed E-state index contributed by atoms with van der Waals surface area (Å²) >= 11 is 6.41. The number of hydrogen-bond donors (Lipinski definition) is 0. The molecule has 2 aromatic carbocycles. The molecular formula is C16H16ClF. The third-order valence-corrected chi connectivity index (χ3v) is 3.63. The summed E-state index contributed by atoms with van der Waals surface area (Å²) in [4.78, 5) is 0. The lowest BCUT2D eigenvalue weighted by Gasteiger charge is -2.12. The number of rotatable bonds is 3. The number of hydrogen-bond acceptors (Lipinski definition) is 0. The van der Waals surface area contributed by atoms with Crippen molar-refractivity contribution in [2.45, 2.75) is 25.6 Å². The molecule has 2 aromatic rings. The van der Waals surface area contributed by atoms with Gasteiger partial charge in [0, 0.05) is 0 Å². The van der Waals surface area contributed by atoms with Crippen molar-refractivity contribution in [3.8, 4) is 0 Å². The van der Waals surface area contributed by atoms with Gasteiger partial charge in [0.1, 0.15) is 5.82 Å². The van der Waals surface area contributed by atoms with Crippen molar-refractivity contribution >= 4 is 11.6 Å². The van der Waals surface area contributed by atoms with Gasteiger partial charge in [0.25, 0.3) is 0 Å². The SMILES string of the molecule is Cc1ccc(C(Cl)Cc2ccc(F)cc2)cc1C. The van der Waals surface area contributed by atoms with Gasteiger partial charge < -0.3 is 0 Å². The zero-order valence-corrected chi connectivity index (χ0v) is 11.3. The van der Waals surface area contributed by atoms with Gasteiger partial charge in [-0.1, -0.05) is 30.3 Å². The third-order valence-electron chi connectivity index (χ3n) is 3.22. The summed E-state index contributed by atoms with van der Waals surface area (Å²) in [6.07, 6.45) is 0.713. The predicted molar refractivity (Wildman–Crippen MR) is 74.6 cm³/mol. The lowest BCUT2D eigenvalue weighted by atomic mass is 10.00. The van der Waals surface area contributed by atoms with Crippen LogP contribution in [-0.2, 0) is 6.42 Å². The number of benzene rings is 2. The van der Waals surface area contributed by atoms with Crippen LogP contribution >= 0.6 is 11.6 Å². The molecular weight excluding hydrogens is 247 g/mol. The highest BCUT2D eigenvalue weighted by Gasteiger charge is 2.09. The standard InChI is InChI=1S/C16H16ClF/c1-11-3-6-14(9-12(11)2)16(17)10-13-4-7-15(18)8-5-13/h3-9,16H,10H2,1-2H3. The van der Waals surface area contributed by atoms with Crippen molar-refractivity contribution in [2.24, 2.45) is 0 Å². The van der Waals surface area contributed by atoms with Crippen LogP contribution in [0.3, 0.4) is 0 Å². The van der Waals surface area contributed by atoms with E-state index in [0.717, 1.165) is 11.1 Å². The third kappa shape index (κ3) is 3.11. The van der Waals surface area contributed by atoms with Crippen molar-refractivity contribution < 1.29 is 4.39 Å². The second-order valence-corrected chi connectivity index (χ2v) is 5.17. The molecule has 0 aliphatic carbocycles. The molecule has 2 rings (SSSR count). The fourth-order valence-corrected chi connectivity index (χ4v) is 2.22. The molecule has 0 saturated carbocycles. The Morgan fingerprint density at radius 1 is 1.00 bits per heavy atom. The highest BCUT2D eigenvalue weighted by Crippen LogP contribution is 2.26. The summed E-state index contributed by atoms with van der Waals surface area (Å²) in [6, 6.07) is 12.8. The quantitative estimate of drug-likeness (QED) is 0.686. The molecule has 0 saturated heterocycles.